The highest BCUT2D eigenvalue weighted by Gasteiger charge is 2.02. The number of nitrogens with zero attached hydrogens (tertiary/aromatic N) is 1. The van der Waals surface area contributed by atoms with Gasteiger partial charge in [-0.15, -0.1) is 0 Å². The van der Waals surface area contributed by atoms with Crippen LogP contribution in [-0.2, 0) is 11.3 Å². The van der Waals surface area contributed by atoms with Crippen molar-refractivity contribution in [2.75, 3.05) is 0 Å². The Kier molecular flexibility index (Phi) is 3.94. The van der Waals surface area contributed by atoms with Crippen molar-refractivity contribution < 1.29 is 4.74 Å². The van der Waals surface area contributed by atoms with E-state index in [0.29, 0.717) is 17.2 Å². The zero-order valence-electron chi connectivity index (χ0n) is 8.25. The lowest BCUT2D eigenvalue weighted by atomic mass is 10.1. The first-order chi connectivity index (χ1) is 6.63. The first kappa shape index (κ1) is 11.0. The molecule has 0 saturated heterocycles. The molecule has 0 spiro atoms. The molecule has 0 aliphatic heterocycles. The highest BCUT2D eigenvalue weighted by atomic mass is 35.5. The summed E-state index contributed by atoms with van der Waals surface area (Å²) in [5.41, 5.74) is 1.49. The lowest BCUT2D eigenvalue weighted by Gasteiger charge is -2.08. The summed E-state index contributed by atoms with van der Waals surface area (Å²) < 4.78 is 5.41. The topological polar surface area (TPSA) is 33.0 Å². The van der Waals surface area contributed by atoms with Crippen LogP contribution in [0.15, 0.2) is 18.2 Å². The molecule has 0 atom stereocenters. The maximum absolute atomic E-state index is 8.63. The van der Waals surface area contributed by atoms with Gasteiger partial charge in [-0.25, -0.2) is 0 Å². The average molecular weight is 210 g/mol. The summed E-state index contributed by atoms with van der Waals surface area (Å²) in [5, 5.41) is 9.22. The third-order valence-corrected chi connectivity index (χ3v) is 2.11. The van der Waals surface area contributed by atoms with Crippen LogP contribution < -0.4 is 0 Å². The number of rotatable bonds is 3. The SMILES string of the molecule is CC(C)OCc1ccc(C#N)cc1Cl. The molecule has 0 radical (unpaired) electrons. The zero-order valence-corrected chi connectivity index (χ0v) is 9.01. The average Bonchev–Trinajstić information content (AvgIpc) is 2.15. The molecule has 3 heteroatoms. The molecule has 0 aliphatic carbocycles. The molecule has 0 aliphatic rings. The third kappa shape index (κ3) is 3.02. The van der Waals surface area contributed by atoms with E-state index in [0.717, 1.165) is 5.56 Å². The maximum Gasteiger partial charge on any atom is 0.0992 e. The predicted molar refractivity (Wildman–Crippen MR) is 56.1 cm³/mol. The Morgan fingerprint density at radius 2 is 2.21 bits per heavy atom. The van der Waals surface area contributed by atoms with Crippen molar-refractivity contribution in [2.24, 2.45) is 0 Å². The molecule has 14 heavy (non-hydrogen) atoms. The summed E-state index contributed by atoms with van der Waals surface area (Å²) >= 11 is 5.96. The molecule has 1 rings (SSSR count). The minimum atomic E-state index is 0.182. The van der Waals surface area contributed by atoms with Gasteiger partial charge in [0.05, 0.1) is 24.3 Å². The number of nitriles is 1. The van der Waals surface area contributed by atoms with E-state index in [1.807, 2.05) is 26.0 Å². The fourth-order valence-electron chi connectivity index (χ4n) is 0.990. The molecule has 0 fully saturated rings. The number of ether oxygens (including phenoxy) is 1. The normalized spacial score (nSPS) is 10.2. The summed E-state index contributed by atoms with van der Waals surface area (Å²) in [5.74, 6) is 0. The highest BCUT2D eigenvalue weighted by Crippen LogP contribution is 2.18. The van der Waals surface area contributed by atoms with Crippen LogP contribution >= 0.6 is 11.6 Å². The highest BCUT2D eigenvalue weighted by molar-refractivity contribution is 6.31. The van der Waals surface area contributed by atoms with Gasteiger partial charge in [0.1, 0.15) is 0 Å². The van der Waals surface area contributed by atoms with Crippen molar-refractivity contribution in [3.63, 3.8) is 0 Å². The van der Waals surface area contributed by atoms with E-state index in [2.05, 4.69) is 0 Å². The largest absolute Gasteiger partial charge is 0.374 e. The van der Waals surface area contributed by atoms with Gasteiger partial charge in [-0.1, -0.05) is 17.7 Å². The smallest absolute Gasteiger partial charge is 0.0992 e. The van der Waals surface area contributed by atoms with Crippen molar-refractivity contribution in [1.82, 2.24) is 0 Å². The van der Waals surface area contributed by atoms with Crippen molar-refractivity contribution in [3.05, 3.63) is 34.3 Å². The molecule has 74 valence electrons. The number of hydrogen-bond acceptors (Lipinski definition) is 2. The van der Waals surface area contributed by atoms with Gasteiger partial charge < -0.3 is 4.74 Å². The maximum atomic E-state index is 8.63. The monoisotopic (exact) mass is 209 g/mol. The van der Waals surface area contributed by atoms with Crippen LogP contribution in [0.4, 0.5) is 0 Å². The molecule has 2 nitrogen and oxygen atoms in total. The van der Waals surface area contributed by atoms with Gasteiger partial charge in [0, 0.05) is 5.02 Å². The molecule has 0 N–H and O–H groups in total. The van der Waals surface area contributed by atoms with Crippen LogP contribution in [0.3, 0.4) is 0 Å². The van der Waals surface area contributed by atoms with Crippen molar-refractivity contribution in [2.45, 2.75) is 26.6 Å². The molecular formula is C11H12ClNO. The Balaban J connectivity index is 2.75. The lowest BCUT2D eigenvalue weighted by Crippen LogP contribution is -2.02. The van der Waals surface area contributed by atoms with E-state index in [1.54, 1.807) is 12.1 Å². The standard InChI is InChI=1S/C11H12ClNO/c1-8(2)14-7-10-4-3-9(6-13)5-11(10)12/h3-5,8H,7H2,1-2H3. The second kappa shape index (κ2) is 4.99. The molecule has 1 aromatic carbocycles. The Morgan fingerprint density at radius 3 is 2.71 bits per heavy atom. The van der Waals surface area contributed by atoms with Crippen LogP contribution in [-0.4, -0.2) is 6.10 Å². The Labute approximate surface area is 89.1 Å². The summed E-state index contributed by atoms with van der Waals surface area (Å²) in [7, 11) is 0. The second-order valence-electron chi connectivity index (χ2n) is 3.28. The van der Waals surface area contributed by atoms with Crippen molar-refractivity contribution >= 4 is 11.6 Å². The Bertz CT molecular complexity index is 355. The van der Waals surface area contributed by atoms with Gasteiger partial charge in [-0.2, -0.15) is 5.26 Å². The quantitative estimate of drug-likeness (QED) is 0.766. The van der Waals surface area contributed by atoms with Gasteiger partial charge in [-0.05, 0) is 31.5 Å². The van der Waals surface area contributed by atoms with Gasteiger partial charge in [0.25, 0.3) is 0 Å². The van der Waals surface area contributed by atoms with Crippen molar-refractivity contribution in [1.29, 1.82) is 5.26 Å². The third-order valence-electron chi connectivity index (χ3n) is 1.75. The molecule has 1 aromatic rings. The first-order valence-corrected chi connectivity index (χ1v) is 4.81. The molecule has 0 aromatic heterocycles. The molecule has 0 saturated carbocycles. The van der Waals surface area contributed by atoms with Gasteiger partial charge in [0.15, 0.2) is 0 Å². The van der Waals surface area contributed by atoms with Gasteiger partial charge in [0.2, 0.25) is 0 Å². The van der Waals surface area contributed by atoms with Crippen molar-refractivity contribution in [3.8, 4) is 6.07 Å². The lowest BCUT2D eigenvalue weighted by molar-refractivity contribution is 0.0657. The van der Waals surface area contributed by atoms with E-state index in [1.165, 1.54) is 0 Å². The van der Waals surface area contributed by atoms with Gasteiger partial charge >= 0.3 is 0 Å². The number of benzene rings is 1. The first-order valence-electron chi connectivity index (χ1n) is 4.43. The van der Waals surface area contributed by atoms with E-state index < -0.39 is 0 Å². The van der Waals surface area contributed by atoms with Gasteiger partial charge in [-0.3, -0.25) is 0 Å². The second-order valence-corrected chi connectivity index (χ2v) is 3.68. The molecule has 0 bridgehead atoms. The Hall–Kier alpha value is -1.04. The minimum absolute atomic E-state index is 0.182. The van der Waals surface area contributed by atoms with E-state index in [9.17, 15) is 0 Å². The fourth-order valence-corrected chi connectivity index (χ4v) is 1.23. The summed E-state index contributed by atoms with van der Waals surface area (Å²) in [4.78, 5) is 0. The van der Waals surface area contributed by atoms with E-state index in [4.69, 9.17) is 21.6 Å². The molecule has 0 heterocycles. The number of hydrogen-bond donors (Lipinski definition) is 0. The summed E-state index contributed by atoms with van der Waals surface area (Å²) in [6.07, 6.45) is 0.182. The van der Waals surface area contributed by atoms with Crippen LogP contribution in [0.2, 0.25) is 5.02 Å². The summed E-state index contributed by atoms with van der Waals surface area (Å²) in [6, 6.07) is 7.25. The molecular weight excluding hydrogens is 198 g/mol. The van der Waals surface area contributed by atoms with Crippen LogP contribution in [0.1, 0.15) is 25.0 Å². The van der Waals surface area contributed by atoms with E-state index >= 15 is 0 Å². The predicted octanol–water partition coefficient (Wildman–Crippen LogP) is 3.14. The zero-order chi connectivity index (χ0) is 10.6. The van der Waals surface area contributed by atoms with Crippen LogP contribution in [0, 0.1) is 11.3 Å². The summed E-state index contributed by atoms with van der Waals surface area (Å²) in [6.45, 7) is 4.43. The molecule has 0 amide bonds. The fraction of sp³-hybridized carbons (Fsp3) is 0.364. The molecule has 0 unspecified atom stereocenters. The Morgan fingerprint density at radius 1 is 1.50 bits per heavy atom. The van der Waals surface area contributed by atoms with E-state index in [-0.39, 0.29) is 6.10 Å². The number of halogens is 1. The minimum Gasteiger partial charge on any atom is -0.374 e. The van der Waals surface area contributed by atoms with Crippen LogP contribution in [0.5, 0.6) is 0 Å². The van der Waals surface area contributed by atoms with Crippen LogP contribution in [0.25, 0.3) is 0 Å².